The first-order valence-electron chi connectivity index (χ1n) is 4.72. The van der Waals surface area contributed by atoms with Crippen LogP contribution in [-0.2, 0) is 0 Å². The average Bonchev–Trinajstić information content (AvgIpc) is 2.35. The lowest BCUT2D eigenvalue weighted by atomic mass is 10.4. The Morgan fingerprint density at radius 2 is 2.06 bits per heavy atom. The molecule has 0 bridgehead atoms. The summed E-state index contributed by atoms with van der Waals surface area (Å²) in [5, 5.41) is 2.19. The molecule has 0 aromatic carbocycles. The predicted octanol–water partition coefficient (Wildman–Crippen LogP) is 3.98. The van der Waals surface area contributed by atoms with Crippen molar-refractivity contribution in [2.24, 2.45) is 5.84 Å². The lowest BCUT2D eigenvalue weighted by molar-refractivity contribution is 1.08. The number of nitrogens with one attached hydrogen (secondary N) is 1. The third-order valence-corrected chi connectivity index (χ3v) is 4.05. The van der Waals surface area contributed by atoms with Gasteiger partial charge in [-0.25, -0.2) is 15.8 Å². The number of nitrogens with two attached hydrogens (primary N) is 1. The van der Waals surface area contributed by atoms with Crippen LogP contribution in [-0.4, -0.2) is 9.97 Å². The molecule has 3 N–H and O–H groups in total. The second kappa shape index (κ2) is 6.08. The molecular weight excluding hydrogens is 359 g/mol. The zero-order valence-corrected chi connectivity index (χ0v) is 12.7. The lowest BCUT2D eigenvalue weighted by Gasteiger charge is -2.07. The van der Waals surface area contributed by atoms with E-state index < -0.39 is 0 Å². The SMILES string of the molecule is NNc1nc(Sc2ccc(Br)cn2)c(Cl)cc1Cl. The van der Waals surface area contributed by atoms with Gasteiger partial charge in [-0.1, -0.05) is 23.2 Å². The van der Waals surface area contributed by atoms with E-state index in [1.165, 1.54) is 11.8 Å². The van der Waals surface area contributed by atoms with Gasteiger partial charge in [0.05, 0.1) is 10.0 Å². The van der Waals surface area contributed by atoms with Crippen molar-refractivity contribution in [2.75, 3.05) is 5.43 Å². The van der Waals surface area contributed by atoms with E-state index in [4.69, 9.17) is 29.0 Å². The van der Waals surface area contributed by atoms with Gasteiger partial charge in [-0.05, 0) is 45.9 Å². The molecule has 0 aliphatic carbocycles. The van der Waals surface area contributed by atoms with Crippen LogP contribution in [0.3, 0.4) is 0 Å². The Morgan fingerprint density at radius 3 is 2.67 bits per heavy atom. The number of nitrogen functional groups attached to an aromatic ring is 1. The van der Waals surface area contributed by atoms with Gasteiger partial charge in [0.15, 0.2) is 5.82 Å². The number of aromatic nitrogens is 2. The number of hydrazine groups is 1. The number of hydrogen-bond acceptors (Lipinski definition) is 5. The summed E-state index contributed by atoms with van der Waals surface area (Å²) in [6.07, 6.45) is 1.70. The molecule has 0 atom stereocenters. The monoisotopic (exact) mass is 364 g/mol. The van der Waals surface area contributed by atoms with Crippen molar-refractivity contribution in [3.05, 3.63) is 38.9 Å². The van der Waals surface area contributed by atoms with Gasteiger partial charge in [0.2, 0.25) is 0 Å². The van der Waals surface area contributed by atoms with Crippen LogP contribution in [0, 0.1) is 0 Å². The average molecular weight is 366 g/mol. The first-order chi connectivity index (χ1) is 8.60. The zero-order valence-electron chi connectivity index (χ0n) is 8.82. The first kappa shape index (κ1) is 13.9. The quantitative estimate of drug-likeness (QED) is 0.636. The van der Waals surface area contributed by atoms with Crippen LogP contribution in [0.25, 0.3) is 0 Å². The molecule has 0 spiro atoms. The maximum atomic E-state index is 6.07. The first-order valence-corrected chi connectivity index (χ1v) is 7.09. The molecular formula is C10H7BrCl2N4S. The van der Waals surface area contributed by atoms with Gasteiger partial charge in [-0.15, -0.1) is 0 Å². The Hall–Kier alpha value is -0.530. The molecule has 2 heterocycles. The minimum atomic E-state index is 0.371. The maximum absolute atomic E-state index is 6.07. The highest BCUT2D eigenvalue weighted by atomic mass is 79.9. The predicted molar refractivity (Wildman–Crippen MR) is 78.1 cm³/mol. The molecule has 0 aliphatic rings. The number of halogens is 3. The van der Waals surface area contributed by atoms with Gasteiger partial charge in [-0.2, -0.15) is 0 Å². The van der Waals surface area contributed by atoms with Gasteiger partial charge >= 0.3 is 0 Å². The Morgan fingerprint density at radius 1 is 1.28 bits per heavy atom. The Labute approximate surface area is 126 Å². The summed E-state index contributed by atoms with van der Waals surface area (Å²) in [6, 6.07) is 5.34. The molecule has 0 aliphatic heterocycles. The molecule has 2 aromatic heterocycles. The second-order valence-corrected chi connectivity index (χ2v) is 5.91. The van der Waals surface area contributed by atoms with Crippen molar-refractivity contribution < 1.29 is 0 Å². The summed E-state index contributed by atoms with van der Waals surface area (Å²) in [7, 11) is 0. The van der Waals surface area contributed by atoms with Crippen molar-refractivity contribution in [3.8, 4) is 0 Å². The van der Waals surface area contributed by atoms with Crippen LogP contribution in [0.1, 0.15) is 0 Å². The van der Waals surface area contributed by atoms with Crippen molar-refractivity contribution in [1.82, 2.24) is 9.97 Å². The Balaban J connectivity index is 2.31. The largest absolute Gasteiger partial charge is 0.307 e. The van der Waals surface area contributed by atoms with Crippen LogP contribution in [0.15, 0.2) is 38.9 Å². The molecule has 2 rings (SSSR count). The lowest BCUT2D eigenvalue weighted by Crippen LogP contribution is -2.09. The standard InChI is InChI=1S/C10H7BrCl2N4S/c11-5-1-2-8(15-4-5)18-10-7(13)3-6(12)9(16-10)17-14/h1-4H,14H2,(H,16,17). The van der Waals surface area contributed by atoms with Crippen molar-refractivity contribution in [3.63, 3.8) is 0 Å². The maximum Gasteiger partial charge on any atom is 0.160 e. The van der Waals surface area contributed by atoms with E-state index in [1.807, 2.05) is 12.1 Å². The normalized spacial score (nSPS) is 10.4. The van der Waals surface area contributed by atoms with E-state index in [9.17, 15) is 0 Å². The van der Waals surface area contributed by atoms with Gasteiger partial charge in [0.1, 0.15) is 10.1 Å². The highest BCUT2D eigenvalue weighted by Gasteiger charge is 2.10. The van der Waals surface area contributed by atoms with E-state index in [2.05, 4.69) is 31.3 Å². The fourth-order valence-electron chi connectivity index (χ4n) is 1.14. The minimum Gasteiger partial charge on any atom is -0.307 e. The summed E-state index contributed by atoms with van der Waals surface area (Å²) in [5.74, 6) is 5.69. The molecule has 18 heavy (non-hydrogen) atoms. The van der Waals surface area contributed by atoms with Crippen LogP contribution < -0.4 is 11.3 Å². The molecule has 0 saturated carbocycles. The van der Waals surface area contributed by atoms with Gasteiger partial charge < -0.3 is 5.43 Å². The van der Waals surface area contributed by atoms with E-state index in [-0.39, 0.29) is 0 Å². The number of pyridine rings is 2. The van der Waals surface area contributed by atoms with E-state index in [0.717, 1.165) is 9.50 Å². The highest BCUT2D eigenvalue weighted by molar-refractivity contribution is 9.10. The summed E-state index contributed by atoms with van der Waals surface area (Å²) >= 11 is 16.6. The number of hydrogen-bond donors (Lipinski definition) is 2. The second-order valence-electron chi connectivity index (χ2n) is 3.17. The van der Waals surface area contributed by atoms with E-state index >= 15 is 0 Å². The molecule has 94 valence electrons. The van der Waals surface area contributed by atoms with Gasteiger partial charge in [-0.3, -0.25) is 0 Å². The topological polar surface area (TPSA) is 63.8 Å². The molecule has 0 unspecified atom stereocenters. The number of anilines is 1. The smallest absolute Gasteiger partial charge is 0.160 e. The summed E-state index contributed by atoms with van der Waals surface area (Å²) in [5.41, 5.74) is 2.41. The molecule has 0 radical (unpaired) electrons. The van der Waals surface area contributed by atoms with Crippen LogP contribution in [0.4, 0.5) is 5.82 Å². The third-order valence-electron chi connectivity index (χ3n) is 1.94. The molecule has 8 heteroatoms. The minimum absolute atomic E-state index is 0.371. The van der Waals surface area contributed by atoms with E-state index in [0.29, 0.717) is 20.9 Å². The fourth-order valence-corrected chi connectivity index (χ4v) is 2.64. The fraction of sp³-hybridized carbons (Fsp3) is 0. The number of rotatable bonds is 3. The molecule has 0 amide bonds. The van der Waals surface area contributed by atoms with Crippen LogP contribution in [0.5, 0.6) is 0 Å². The highest BCUT2D eigenvalue weighted by Crippen LogP contribution is 2.34. The molecule has 0 fully saturated rings. The Bertz CT molecular complexity index is 565. The summed E-state index contributed by atoms with van der Waals surface area (Å²) < 4.78 is 0.909. The summed E-state index contributed by atoms with van der Waals surface area (Å²) in [6.45, 7) is 0. The van der Waals surface area contributed by atoms with Crippen molar-refractivity contribution >= 4 is 56.7 Å². The van der Waals surface area contributed by atoms with Crippen LogP contribution >= 0.6 is 50.9 Å². The van der Waals surface area contributed by atoms with Crippen LogP contribution in [0.2, 0.25) is 10.0 Å². The van der Waals surface area contributed by atoms with Crippen molar-refractivity contribution in [1.29, 1.82) is 0 Å². The zero-order chi connectivity index (χ0) is 13.1. The van der Waals surface area contributed by atoms with Gasteiger partial charge in [0, 0.05) is 10.7 Å². The number of nitrogens with zero attached hydrogens (tertiary/aromatic N) is 2. The Kier molecular flexibility index (Phi) is 4.69. The molecule has 0 saturated heterocycles. The molecule has 2 aromatic rings. The molecule has 4 nitrogen and oxygen atoms in total. The van der Waals surface area contributed by atoms with Gasteiger partial charge in [0.25, 0.3) is 0 Å². The third kappa shape index (κ3) is 3.27. The summed E-state index contributed by atoms with van der Waals surface area (Å²) in [4.78, 5) is 8.44. The van der Waals surface area contributed by atoms with Crippen molar-refractivity contribution in [2.45, 2.75) is 10.1 Å². The van der Waals surface area contributed by atoms with E-state index in [1.54, 1.807) is 12.3 Å².